The molecule has 2 N–H and O–H groups in total. The fraction of sp³-hybridized carbons (Fsp3) is 0.222. The van der Waals surface area contributed by atoms with Crippen LogP contribution in [0.25, 0.3) is 0 Å². The molecule has 0 atom stereocenters. The van der Waals surface area contributed by atoms with Crippen molar-refractivity contribution in [3.8, 4) is 5.75 Å². The molecule has 0 saturated heterocycles. The predicted molar refractivity (Wildman–Crippen MR) is 87.6 cm³/mol. The Morgan fingerprint density at radius 2 is 1.86 bits per heavy atom. The molecule has 2 aromatic rings. The summed E-state index contributed by atoms with van der Waals surface area (Å²) in [5.41, 5.74) is 2.83. The monoisotopic (exact) mass is 297 g/mol. The maximum absolute atomic E-state index is 11.2. The van der Waals surface area contributed by atoms with Gasteiger partial charge in [-0.25, -0.2) is 4.79 Å². The number of hydrogen-bond acceptors (Lipinski definition) is 3. The van der Waals surface area contributed by atoms with E-state index in [-0.39, 0.29) is 17.2 Å². The van der Waals surface area contributed by atoms with Crippen LogP contribution in [-0.2, 0) is 0 Å². The van der Waals surface area contributed by atoms with E-state index in [9.17, 15) is 15.0 Å². The second-order valence-electron chi connectivity index (χ2n) is 5.47. The fourth-order valence-electron chi connectivity index (χ4n) is 2.26. The molecule has 0 radical (unpaired) electrons. The van der Waals surface area contributed by atoms with Crippen molar-refractivity contribution in [3.05, 3.63) is 58.7 Å². The Bertz CT molecular complexity index is 733. The van der Waals surface area contributed by atoms with Crippen molar-refractivity contribution in [2.75, 3.05) is 0 Å². The van der Waals surface area contributed by atoms with Gasteiger partial charge in [-0.1, -0.05) is 44.2 Å². The molecule has 2 rings (SSSR count). The van der Waals surface area contributed by atoms with Crippen LogP contribution in [0.2, 0.25) is 0 Å². The molecule has 0 aromatic heterocycles. The van der Waals surface area contributed by atoms with Gasteiger partial charge in [0.2, 0.25) is 0 Å². The molecule has 114 valence electrons. The fourth-order valence-corrected chi connectivity index (χ4v) is 2.26. The lowest BCUT2D eigenvalue weighted by atomic mass is 9.99. The van der Waals surface area contributed by atoms with Gasteiger partial charge in [-0.15, -0.1) is 0 Å². The average Bonchev–Trinajstić information content (AvgIpc) is 2.46. The van der Waals surface area contributed by atoms with Gasteiger partial charge in [0.15, 0.2) is 0 Å². The highest BCUT2D eigenvalue weighted by Crippen LogP contribution is 2.37. The van der Waals surface area contributed by atoms with Crippen LogP contribution in [0.1, 0.15) is 46.8 Å². The number of aromatic carboxylic acids is 1. The summed E-state index contributed by atoms with van der Waals surface area (Å²) in [5.74, 6) is -0.668. The van der Waals surface area contributed by atoms with Gasteiger partial charge in [-0.3, -0.25) is 4.99 Å². The summed E-state index contributed by atoms with van der Waals surface area (Å²) in [6.45, 7) is 5.86. The molecule has 0 aliphatic carbocycles. The molecule has 0 spiro atoms. The molecular formula is C18H19NO3. The minimum atomic E-state index is -1.00. The summed E-state index contributed by atoms with van der Waals surface area (Å²) in [5, 5.41) is 19.5. The second-order valence-corrected chi connectivity index (χ2v) is 5.47. The first-order valence-electron chi connectivity index (χ1n) is 7.10. The molecule has 0 saturated carbocycles. The number of carboxylic acid groups (broad SMARTS) is 1. The van der Waals surface area contributed by atoms with E-state index >= 15 is 0 Å². The van der Waals surface area contributed by atoms with Gasteiger partial charge in [-0.2, -0.15) is 0 Å². The zero-order valence-electron chi connectivity index (χ0n) is 12.9. The summed E-state index contributed by atoms with van der Waals surface area (Å²) in [7, 11) is 0. The maximum Gasteiger partial charge on any atom is 0.336 e. The number of carboxylic acids is 1. The molecule has 22 heavy (non-hydrogen) atoms. The van der Waals surface area contributed by atoms with Crippen LogP contribution in [0.4, 0.5) is 5.69 Å². The standard InChI is InChI=1S/C18H19NO3/c1-11(2)14-9-8-12(3)16(17(14)20)19-10-13-6-4-5-7-15(13)18(21)22/h4-11,20H,1-3H3,(H,21,22). The molecule has 0 bridgehead atoms. The molecule has 4 heteroatoms. The number of aromatic hydroxyl groups is 1. The number of phenolic OH excluding ortho intramolecular Hbond substituents is 1. The zero-order valence-corrected chi connectivity index (χ0v) is 12.9. The van der Waals surface area contributed by atoms with Gasteiger partial charge >= 0.3 is 5.97 Å². The van der Waals surface area contributed by atoms with E-state index in [1.54, 1.807) is 18.2 Å². The number of aliphatic imine (C=N–C) groups is 1. The normalized spacial score (nSPS) is 11.3. The first-order valence-corrected chi connectivity index (χ1v) is 7.10. The van der Waals surface area contributed by atoms with Crippen LogP contribution in [0.5, 0.6) is 5.75 Å². The third-order valence-electron chi connectivity index (χ3n) is 3.53. The van der Waals surface area contributed by atoms with E-state index in [0.717, 1.165) is 11.1 Å². The molecule has 0 unspecified atom stereocenters. The van der Waals surface area contributed by atoms with Crippen molar-refractivity contribution in [2.24, 2.45) is 4.99 Å². The van der Waals surface area contributed by atoms with Gasteiger partial charge in [0.25, 0.3) is 0 Å². The Kier molecular flexibility index (Phi) is 4.61. The van der Waals surface area contributed by atoms with E-state index < -0.39 is 5.97 Å². The third kappa shape index (κ3) is 3.17. The van der Waals surface area contributed by atoms with Crippen molar-refractivity contribution in [2.45, 2.75) is 26.7 Å². The smallest absolute Gasteiger partial charge is 0.336 e. The van der Waals surface area contributed by atoms with Crippen molar-refractivity contribution in [1.82, 2.24) is 0 Å². The molecule has 0 heterocycles. The van der Waals surface area contributed by atoms with Crippen molar-refractivity contribution >= 4 is 17.9 Å². The third-order valence-corrected chi connectivity index (χ3v) is 3.53. The van der Waals surface area contributed by atoms with Crippen LogP contribution < -0.4 is 0 Å². The lowest BCUT2D eigenvalue weighted by molar-refractivity contribution is 0.0697. The van der Waals surface area contributed by atoms with E-state index in [0.29, 0.717) is 11.3 Å². The summed E-state index contributed by atoms with van der Waals surface area (Å²) in [6, 6.07) is 10.4. The predicted octanol–water partition coefficient (Wildman–Crippen LogP) is 4.27. The number of nitrogens with zero attached hydrogens (tertiary/aromatic N) is 1. The first kappa shape index (κ1) is 15.8. The lowest BCUT2D eigenvalue weighted by Gasteiger charge is -2.12. The Labute approximate surface area is 129 Å². The van der Waals surface area contributed by atoms with E-state index in [1.165, 1.54) is 12.3 Å². The van der Waals surface area contributed by atoms with Crippen LogP contribution >= 0.6 is 0 Å². The highest BCUT2D eigenvalue weighted by atomic mass is 16.4. The number of rotatable bonds is 4. The Morgan fingerprint density at radius 3 is 2.50 bits per heavy atom. The molecule has 0 aliphatic rings. The van der Waals surface area contributed by atoms with Crippen molar-refractivity contribution in [3.63, 3.8) is 0 Å². The topological polar surface area (TPSA) is 69.9 Å². The highest BCUT2D eigenvalue weighted by molar-refractivity contribution is 5.99. The van der Waals surface area contributed by atoms with Crippen LogP contribution in [-0.4, -0.2) is 22.4 Å². The second kappa shape index (κ2) is 6.43. The van der Waals surface area contributed by atoms with Crippen LogP contribution in [0.3, 0.4) is 0 Å². The lowest BCUT2D eigenvalue weighted by Crippen LogP contribution is -2.01. The molecule has 0 aliphatic heterocycles. The SMILES string of the molecule is Cc1ccc(C(C)C)c(O)c1N=Cc1ccccc1C(=O)O. The number of carbonyl (C=O) groups is 1. The van der Waals surface area contributed by atoms with E-state index in [1.807, 2.05) is 32.9 Å². The van der Waals surface area contributed by atoms with E-state index in [4.69, 9.17) is 0 Å². The molecule has 0 amide bonds. The first-order chi connectivity index (χ1) is 10.4. The summed E-state index contributed by atoms with van der Waals surface area (Å²) >= 11 is 0. The number of phenols is 1. The minimum Gasteiger partial charge on any atom is -0.505 e. The van der Waals surface area contributed by atoms with Gasteiger partial charge in [0, 0.05) is 11.8 Å². The maximum atomic E-state index is 11.2. The van der Waals surface area contributed by atoms with Gasteiger partial charge in [0.1, 0.15) is 11.4 Å². The Balaban J connectivity index is 2.47. The largest absolute Gasteiger partial charge is 0.505 e. The number of hydrogen-bond donors (Lipinski definition) is 2. The van der Waals surface area contributed by atoms with Crippen LogP contribution in [0, 0.1) is 6.92 Å². The summed E-state index contributed by atoms with van der Waals surface area (Å²) < 4.78 is 0. The van der Waals surface area contributed by atoms with Gasteiger partial charge in [0.05, 0.1) is 5.56 Å². The number of aryl methyl sites for hydroxylation is 1. The average molecular weight is 297 g/mol. The molecular weight excluding hydrogens is 278 g/mol. The van der Waals surface area contributed by atoms with Gasteiger partial charge < -0.3 is 10.2 Å². The van der Waals surface area contributed by atoms with Crippen molar-refractivity contribution < 1.29 is 15.0 Å². The van der Waals surface area contributed by atoms with Gasteiger partial charge in [-0.05, 0) is 30.0 Å². The minimum absolute atomic E-state index is 0.152. The summed E-state index contributed by atoms with van der Waals surface area (Å²) in [6.07, 6.45) is 1.48. The number of benzene rings is 2. The molecule has 2 aromatic carbocycles. The zero-order chi connectivity index (χ0) is 16.3. The van der Waals surface area contributed by atoms with Crippen molar-refractivity contribution in [1.29, 1.82) is 0 Å². The Morgan fingerprint density at radius 1 is 1.18 bits per heavy atom. The van der Waals surface area contributed by atoms with Crippen LogP contribution in [0.15, 0.2) is 41.4 Å². The molecule has 0 fully saturated rings. The summed E-state index contributed by atoms with van der Waals surface area (Å²) in [4.78, 5) is 15.5. The quantitative estimate of drug-likeness (QED) is 0.828. The highest BCUT2D eigenvalue weighted by Gasteiger charge is 2.12. The Hall–Kier alpha value is -2.62. The molecule has 4 nitrogen and oxygen atoms in total. The van der Waals surface area contributed by atoms with E-state index in [2.05, 4.69) is 4.99 Å².